The van der Waals surface area contributed by atoms with Crippen LogP contribution in [0.3, 0.4) is 0 Å². The molecule has 36 heavy (non-hydrogen) atoms. The van der Waals surface area contributed by atoms with Crippen molar-refractivity contribution in [2.24, 2.45) is 20.2 Å². The van der Waals surface area contributed by atoms with Crippen LogP contribution in [0.1, 0.15) is 35.7 Å². The van der Waals surface area contributed by atoms with E-state index in [0.717, 1.165) is 28.6 Å². The van der Waals surface area contributed by atoms with Crippen molar-refractivity contribution < 1.29 is 14.6 Å². The van der Waals surface area contributed by atoms with Crippen LogP contribution in [-0.2, 0) is 4.74 Å². The summed E-state index contributed by atoms with van der Waals surface area (Å²) in [6.45, 7) is 3.11. The highest BCUT2D eigenvalue weighted by molar-refractivity contribution is 6.07. The predicted molar refractivity (Wildman–Crippen MR) is 141 cm³/mol. The van der Waals surface area contributed by atoms with E-state index in [1.54, 1.807) is 18.4 Å². The molecule has 0 bridgehead atoms. The summed E-state index contributed by atoms with van der Waals surface area (Å²) in [5, 5.41) is 23.9. The third kappa shape index (κ3) is 4.79. The number of fused-ring (bicyclic) bond motifs is 1. The van der Waals surface area contributed by atoms with Crippen LogP contribution in [0.4, 0.5) is 5.69 Å². The number of nitrogens with zero attached hydrogens (tertiary/aromatic N) is 4. The molecule has 0 radical (unpaired) electrons. The number of dihydropyridines is 1. The number of amides is 1. The van der Waals surface area contributed by atoms with Crippen molar-refractivity contribution >= 4 is 40.4 Å². The minimum absolute atomic E-state index is 0.0936. The van der Waals surface area contributed by atoms with Gasteiger partial charge in [0.25, 0.3) is 5.91 Å². The summed E-state index contributed by atoms with van der Waals surface area (Å²) >= 11 is 0. The molecule has 8 heteroatoms. The first kappa shape index (κ1) is 23.2. The molecule has 2 aliphatic rings. The molecule has 1 amide bonds. The number of hydrogen-bond acceptors (Lipinski definition) is 7. The summed E-state index contributed by atoms with van der Waals surface area (Å²) in [6, 6.07) is 18.9. The van der Waals surface area contributed by atoms with E-state index in [2.05, 4.69) is 32.5 Å². The van der Waals surface area contributed by atoms with Crippen molar-refractivity contribution in [2.75, 3.05) is 13.1 Å². The number of aliphatic imine (C=N–C) groups is 2. The van der Waals surface area contributed by atoms with Gasteiger partial charge >= 0.3 is 6.02 Å². The Morgan fingerprint density at radius 3 is 2.69 bits per heavy atom. The van der Waals surface area contributed by atoms with Gasteiger partial charge in [0.05, 0.1) is 12.1 Å². The van der Waals surface area contributed by atoms with Gasteiger partial charge in [0.2, 0.25) is 0 Å². The van der Waals surface area contributed by atoms with Crippen molar-refractivity contribution in [1.29, 1.82) is 0 Å². The summed E-state index contributed by atoms with van der Waals surface area (Å²) in [4.78, 5) is 21.6. The van der Waals surface area contributed by atoms with Gasteiger partial charge in [-0.15, -0.1) is 5.11 Å². The predicted octanol–water partition coefficient (Wildman–Crippen LogP) is 5.92. The monoisotopic (exact) mass is 479 g/mol. The molecule has 0 saturated carbocycles. The lowest BCUT2D eigenvalue weighted by Gasteiger charge is -2.18. The molecule has 2 heterocycles. The first-order chi connectivity index (χ1) is 17.6. The van der Waals surface area contributed by atoms with E-state index in [0.29, 0.717) is 30.7 Å². The molecule has 180 valence electrons. The first-order valence-electron chi connectivity index (χ1n) is 11.8. The van der Waals surface area contributed by atoms with Crippen LogP contribution >= 0.6 is 0 Å². The minimum atomic E-state index is -0.426. The van der Waals surface area contributed by atoms with Crippen molar-refractivity contribution in [1.82, 2.24) is 5.32 Å². The topological polar surface area (TPSA) is 108 Å². The fourth-order valence-corrected chi connectivity index (χ4v) is 4.10. The molecule has 3 aromatic rings. The normalized spacial score (nSPS) is 15.6. The molecule has 2 aliphatic heterocycles. The van der Waals surface area contributed by atoms with Gasteiger partial charge in [0, 0.05) is 35.8 Å². The highest BCUT2D eigenvalue weighted by Gasteiger charge is 2.21. The minimum Gasteiger partial charge on any atom is -0.505 e. The number of carbonyl (C=O) groups excluding carboxylic acids is 1. The average molecular weight is 480 g/mol. The summed E-state index contributed by atoms with van der Waals surface area (Å²) in [5.41, 5.74) is 3.02. The fraction of sp³-hybridized carbons (Fsp3) is 0.179. The van der Waals surface area contributed by atoms with Crippen molar-refractivity contribution in [2.45, 2.75) is 19.8 Å². The SMILES string of the molecule is CCC1=C(c2ccccc2)OC(N=Nc2c(O)c(C(=O)NC3=CC=NCC3)cc3ccccc23)=NC1. The Morgan fingerprint density at radius 1 is 1.11 bits per heavy atom. The summed E-state index contributed by atoms with van der Waals surface area (Å²) in [5.74, 6) is 0.0301. The number of phenolic OH excluding ortho intramolecular Hbond substituents is 1. The molecule has 2 N–H and O–H groups in total. The van der Waals surface area contributed by atoms with E-state index < -0.39 is 5.91 Å². The number of nitrogens with one attached hydrogen (secondary N) is 1. The number of azo groups is 1. The zero-order valence-electron chi connectivity index (χ0n) is 19.8. The number of allylic oxidation sites excluding steroid dienone is 1. The van der Waals surface area contributed by atoms with Crippen molar-refractivity contribution in [3.63, 3.8) is 0 Å². The average Bonchev–Trinajstić information content (AvgIpc) is 2.93. The smallest absolute Gasteiger partial charge is 0.336 e. The molecule has 0 unspecified atom stereocenters. The number of amidine groups is 1. The first-order valence-corrected chi connectivity index (χ1v) is 11.8. The fourth-order valence-electron chi connectivity index (χ4n) is 4.10. The number of rotatable bonds is 5. The second kappa shape index (κ2) is 10.4. The molecule has 3 aromatic carbocycles. The van der Waals surface area contributed by atoms with Gasteiger partial charge in [-0.3, -0.25) is 9.79 Å². The number of phenols is 1. The second-order valence-electron chi connectivity index (χ2n) is 8.35. The number of benzene rings is 3. The Kier molecular flexibility index (Phi) is 6.66. The van der Waals surface area contributed by atoms with Crippen LogP contribution in [-0.4, -0.2) is 36.3 Å². The Labute approximate surface area is 208 Å². The summed E-state index contributed by atoms with van der Waals surface area (Å²) in [6.07, 6.45) is 4.83. The van der Waals surface area contributed by atoms with Crippen LogP contribution in [0, 0.1) is 0 Å². The lowest BCUT2D eigenvalue weighted by atomic mass is 10.0. The van der Waals surface area contributed by atoms with E-state index in [-0.39, 0.29) is 23.0 Å². The van der Waals surface area contributed by atoms with E-state index >= 15 is 0 Å². The number of hydrogen-bond donors (Lipinski definition) is 2. The number of aromatic hydroxyl groups is 1. The van der Waals surface area contributed by atoms with Crippen LogP contribution < -0.4 is 5.32 Å². The Bertz CT molecular complexity index is 1470. The molecule has 0 atom stereocenters. The Morgan fingerprint density at radius 2 is 1.92 bits per heavy atom. The highest BCUT2D eigenvalue weighted by atomic mass is 16.5. The molecule has 0 aromatic heterocycles. The molecule has 0 fully saturated rings. The maximum absolute atomic E-state index is 13.0. The third-order valence-electron chi connectivity index (χ3n) is 6.02. The quantitative estimate of drug-likeness (QED) is 0.443. The zero-order valence-corrected chi connectivity index (χ0v) is 19.8. The lowest BCUT2D eigenvalue weighted by molar-refractivity contribution is 0.0962. The second-order valence-corrected chi connectivity index (χ2v) is 8.35. The van der Waals surface area contributed by atoms with Gasteiger partial charge < -0.3 is 15.2 Å². The third-order valence-corrected chi connectivity index (χ3v) is 6.02. The maximum atomic E-state index is 13.0. The molecule has 0 saturated heterocycles. The van der Waals surface area contributed by atoms with Gasteiger partial charge in [0.1, 0.15) is 11.4 Å². The molecule has 8 nitrogen and oxygen atoms in total. The molecule has 0 aliphatic carbocycles. The van der Waals surface area contributed by atoms with Gasteiger partial charge in [-0.25, -0.2) is 4.99 Å². The van der Waals surface area contributed by atoms with Crippen LogP contribution in [0.5, 0.6) is 5.75 Å². The molecule has 0 spiro atoms. The summed E-state index contributed by atoms with van der Waals surface area (Å²) in [7, 11) is 0. The molecular formula is C28H25N5O3. The van der Waals surface area contributed by atoms with Crippen molar-refractivity contribution in [3.8, 4) is 5.75 Å². The Balaban J connectivity index is 1.47. The lowest BCUT2D eigenvalue weighted by Crippen LogP contribution is -2.24. The maximum Gasteiger partial charge on any atom is 0.336 e. The number of carbonyl (C=O) groups is 1. The largest absolute Gasteiger partial charge is 0.505 e. The van der Waals surface area contributed by atoms with Crippen LogP contribution in [0.25, 0.3) is 16.5 Å². The van der Waals surface area contributed by atoms with Gasteiger partial charge in [0.15, 0.2) is 5.75 Å². The van der Waals surface area contributed by atoms with Gasteiger partial charge in [-0.2, -0.15) is 0 Å². The zero-order chi connectivity index (χ0) is 24.9. The molecular weight excluding hydrogens is 454 g/mol. The van der Waals surface area contributed by atoms with E-state index in [1.165, 1.54) is 0 Å². The van der Waals surface area contributed by atoms with E-state index in [9.17, 15) is 9.90 Å². The van der Waals surface area contributed by atoms with Crippen molar-refractivity contribution in [3.05, 3.63) is 89.1 Å². The van der Waals surface area contributed by atoms with Gasteiger partial charge in [-0.05, 0) is 29.5 Å². The Hall–Kier alpha value is -4.59. The van der Waals surface area contributed by atoms with Crippen LogP contribution in [0.15, 0.2) is 98.2 Å². The standard InChI is InChI=1S/C28H25N5O3/c1-2-18-17-30-28(36-26(18)19-8-4-3-5-9-19)33-32-24-22-11-7-6-10-20(22)16-23(25(24)34)27(35)31-21-12-14-29-15-13-21/h3-12,14,16,34H,2,13,15,17H2,1H3,(H,31,35). The van der Waals surface area contributed by atoms with E-state index in [1.807, 2.05) is 54.6 Å². The highest BCUT2D eigenvalue weighted by Crippen LogP contribution is 2.39. The molecule has 5 rings (SSSR count). The number of ether oxygens (including phenoxy) is 1. The van der Waals surface area contributed by atoms with Crippen LogP contribution in [0.2, 0.25) is 0 Å². The van der Waals surface area contributed by atoms with Gasteiger partial charge in [-0.1, -0.05) is 66.6 Å². The van der Waals surface area contributed by atoms with E-state index in [4.69, 9.17) is 4.74 Å². The summed E-state index contributed by atoms with van der Waals surface area (Å²) < 4.78 is 6.02.